The molecular formula is C15H19ClFNO4. The molecule has 5 nitrogen and oxygen atoms in total. The molecule has 1 saturated heterocycles. The number of rotatable bonds is 6. The first-order valence-electron chi connectivity index (χ1n) is 7.05. The predicted molar refractivity (Wildman–Crippen MR) is 79.6 cm³/mol. The van der Waals surface area contributed by atoms with Crippen LogP contribution in [0.15, 0.2) is 18.2 Å². The number of hydrogen-bond acceptors (Lipinski definition) is 4. The molecule has 1 heterocycles. The highest BCUT2D eigenvalue weighted by Gasteiger charge is 2.33. The lowest BCUT2D eigenvalue weighted by Gasteiger charge is -2.36. The molecule has 2 atom stereocenters. The number of halogens is 2. The zero-order chi connectivity index (χ0) is 16.1. The highest BCUT2D eigenvalue weighted by atomic mass is 35.5. The lowest BCUT2D eigenvalue weighted by molar-refractivity contribution is -0.147. The van der Waals surface area contributed by atoms with E-state index in [0.717, 1.165) is 6.07 Å². The minimum atomic E-state index is -1.01. The fraction of sp³-hybridized carbons (Fsp3) is 0.533. The number of morpholine rings is 1. The van der Waals surface area contributed by atoms with Crippen LogP contribution >= 0.6 is 11.6 Å². The summed E-state index contributed by atoms with van der Waals surface area (Å²) in [4.78, 5) is 13.5. The molecule has 0 bridgehead atoms. The van der Waals surface area contributed by atoms with Crippen LogP contribution < -0.4 is 0 Å². The van der Waals surface area contributed by atoms with Crippen molar-refractivity contribution in [1.82, 2.24) is 4.90 Å². The van der Waals surface area contributed by atoms with Gasteiger partial charge in [0, 0.05) is 31.8 Å². The molecule has 0 spiro atoms. The number of benzene rings is 1. The van der Waals surface area contributed by atoms with Gasteiger partial charge in [0.2, 0.25) is 0 Å². The Kier molecular flexibility index (Phi) is 6.14. The van der Waals surface area contributed by atoms with Crippen molar-refractivity contribution in [3.05, 3.63) is 34.6 Å². The van der Waals surface area contributed by atoms with Crippen molar-refractivity contribution in [2.45, 2.75) is 18.6 Å². The molecule has 0 radical (unpaired) electrons. The molecule has 0 saturated carbocycles. The van der Waals surface area contributed by atoms with Crippen LogP contribution in [0.5, 0.6) is 0 Å². The van der Waals surface area contributed by atoms with Crippen molar-refractivity contribution in [1.29, 1.82) is 0 Å². The van der Waals surface area contributed by atoms with E-state index in [2.05, 4.69) is 0 Å². The summed E-state index contributed by atoms with van der Waals surface area (Å²) in [6, 6.07) is 2.87. The van der Waals surface area contributed by atoms with Crippen LogP contribution in [-0.2, 0) is 14.3 Å². The summed E-state index contributed by atoms with van der Waals surface area (Å²) in [5.41, 5.74) is 0.392. The van der Waals surface area contributed by atoms with Gasteiger partial charge < -0.3 is 14.6 Å². The minimum Gasteiger partial charge on any atom is -0.480 e. The molecule has 0 amide bonds. The van der Waals surface area contributed by atoms with Crippen LogP contribution in [0.3, 0.4) is 0 Å². The SMILES string of the molecule is COCCC1CN(C(C(=O)O)c2ccc(F)cc2Cl)CCO1. The molecule has 2 rings (SSSR count). The second kappa shape index (κ2) is 7.87. The lowest BCUT2D eigenvalue weighted by atomic mass is 10.0. The molecule has 1 aliphatic rings. The van der Waals surface area contributed by atoms with Crippen LogP contribution in [-0.4, -0.2) is 55.5 Å². The van der Waals surface area contributed by atoms with Crippen LogP contribution in [0, 0.1) is 5.82 Å². The van der Waals surface area contributed by atoms with Gasteiger partial charge in [-0.1, -0.05) is 17.7 Å². The van der Waals surface area contributed by atoms with Gasteiger partial charge in [-0.15, -0.1) is 0 Å². The molecule has 1 aliphatic heterocycles. The second-order valence-electron chi connectivity index (χ2n) is 5.18. The fourth-order valence-corrected chi connectivity index (χ4v) is 2.88. The normalized spacial score (nSPS) is 20.8. The van der Waals surface area contributed by atoms with Gasteiger partial charge in [0.25, 0.3) is 0 Å². The van der Waals surface area contributed by atoms with Crippen LogP contribution in [0.1, 0.15) is 18.0 Å². The third kappa shape index (κ3) is 4.16. The molecule has 0 aliphatic carbocycles. The lowest BCUT2D eigenvalue weighted by Crippen LogP contribution is -2.46. The summed E-state index contributed by atoms with van der Waals surface area (Å²) in [6.45, 7) is 1.94. The topological polar surface area (TPSA) is 59.0 Å². The van der Waals surface area contributed by atoms with Crippen LogP contribution in [0.4, 0.5) is 4.39 Å². The van der Waals surface area contributed by atoms with E-state index in [1.807, 2.05) is 0 Å². The summed E-state index contributed by atoms with van der Waals surface area (Å²) in [5.74, 6) is -1.50. The summed E-state index contributed by atoms with van der Waals surface area (Å²) >= 11 is 6.03. The van der Waals surface area contributed by atoms with E-state index in [1.165, 1.54) is 12.1 Å². The Bertz CT molecular complexity index is 528. The zero-order valence-electron chi connectivity index (χ0n) is 12.3. The van der Waals surface area contributed by atoms with E-state index in [1.54, 1.807) is 12.0 Å². The molecule has 122 valence electrons. The number of aliphatic carboxylic acids is 1. The molecule has 7 heteroatoms. The predicted octanol–water partition coefficient (Wildman–Crippen LogP) is 2.34. The molecule has 1 fully saturated rings. The van der Waals surface area contributed by atoms with Crippen molar-refractivity contribution >= 4 is 17.6 Å². The Hall–Kier alpha value is -1.21. The Labute approximate surface area is 133 Å². The molecular weight excluding hydrogens is 313 g/mol. The van der Waals surface area contributed by atoms with Gasteiger partial charge in [0.15, 0.2) is 0 Å². The molecule has 22 heavy (non-hydrogen) atoms. The number of methoxy groups -OCH3 is 1. The van der Waals surface area contributed by atoms with Crippen molar-refractivity contribution in [3.63, 3.8) is 0 Å². The highest BCUT2D eigenvalue weighted by molar-refractivity contribution is 6.31. The Balaban J connectivity index is 2.18. The van der Waals surface area contributed by atoms with Crippen LogP contribution in [0.25, 0.3) is 0 Å². The van der Waals surface area contributed by atoms with Gasteiger partial charge in [0.05, 0.1) is 12.7 Å². The number of hydrogen-bond donors (Lipinski definition) is 1. The standard InChI is InChI=1S/C15H19ClFNO4/c1-21-6-4-11-9-18(5-7-22-11)14(15(19)20)12-3-2-10(17)8-13(12)16/h2-3,8,11,14H,4-7,9H2,1H3,(H,19,20). The molecule has 2 unspecified atom stereocenters. The monoisotopic (exact) mass is 331 g/mol. The fourth-order valence-electron chi connectivity index (χ4n) is 2.61. The molecule has 1 N–H and O–H groups in total. The third-order valence-electron chi connectivity index (χ3n) is 3.67. The Morgan fingerprint density at radius 3 is 3.05 bits per heavy atom. The number of carbonyl (C=O) groups is 1. The molecule has 0 aromatic heterocycles. The summed E-state index contributed by atoms with van der Waals surface area (Å²) in [7, 11) is 1.61. The summed E-state index contributed by atoms with van der Waals surface area (Å²) in [6.07, 6.45) is 0.603. The maximum Gasteiger partial charge on any atom is 0.325 e. The summed E-state index contributed by atoms with van der Waals surface area (Å²) in [5, 5.41) is 9.69. The number of carboxylic acid groups (broad SMARTS) is 1. The first-order valence-corrected chi connectivity index (χ1v) is 7.43. The number of carboxylic acids is 1. The maximum atomic E-state index is 13.2. The average molecular weight is 332 g/mol. The smallest absolute Gasteiger partial charge is 0.325 e. The van der Waals surface area contributed by atoms with E-state index >= 15 is 0 Å². The Morgan fingerprint density at radius 1 is 1.64 bits per heavy atom. The van der Waals surface area contributed by atoms with Crippen molar-refractivity contribution in [3.8, 4) is 0 Å². The molecule has 1 aromatic carbocycles. The van der Waals surface area contributed by atoms with Gasteiger partial charge in [-0.05, 0) is 24.1 Å². The van der Waals surface area contributed by atoms with Crippen LogP contribution in [0.2, 0.25) is 5.02 Å². The van der Waals surface area contributed by atoms with Gasteiger partial charge in [-0.3, -0.25) is 9.69 Å². The van der Waals surface area contributed by atoms with Crippen molar-refractivity contribution in [2.24, 2.45) is 0 Å². The summed E-state index contributed by atoms with van der Waals surface area (Å²) < 4.78 is 23.8. The quantitative estimate of drug-likeness (QED) is 0.867. The van der Waals surface area contributed by atoms with Crippen molar-refractivity contribution in [2.75, 3.05) is 33.4 Å². The highest BCUT2D eigenvalue weighted by Crippen LogP contribution is 2.30. The van der Waals surface area contributed by atoms with E-state index in [4.69, 9.17) is 21.1 Å². The molecule has 1 aromatic rings. The van der Waals surface area contributed by atoms with Gasteiger partial charge in [-0.2, -0.15) is 0 Å². The average Bonchev–Trinajstić information content (AvgIpc) is 2.48. The Morgan fingerprint density at radius 2 is 2.41 bits per heavy atom. The number of nitrogens with zero attached hydrogens (tertiary/aromatic N) is 1. The van der Waals surface area contributed by atoms with Crippen molar-refractivity contribution < 1.29 is 23.8 Å². The van der Waals surface area contributed by atoms with Gasteiger partial charge in [0.1, 0.15) is 11.9 Å². The van der Waals surface area contributed by atoms with E-state index in [-0.39, 0.29) is 11.1 Å². The zero-order valence-corrected chi connectivity index (χ0v) is 13.1. The van der Waals surface area contributed by atoms with E-state index in [9.17, 15) is 14.3 Å². The van der Waals surface area contributed by atoms with E-state index < -0.39 is 17.8 Å². The first-order chi connectivity index (χ1) is 10.5. The van der Waals surface area contributed by atoms with Gasteiger partial charge in [-0.25, -0.2) is 4.39 Å². The van der Waals surface area contributed by atoms with E-state index in [0.29, 0.717) is 38.3 Å². The maximum absolute atomic E-state index is 13.2. The minimum absolute atomic E-state index is 0.0882. The first kappa shape index (κ1) is 17.1. The number of ether oxygens (including phenoxy) is 2. The second-order valence-corrected chi connectivity index (χ2v) is 5.58. The van der Waals surface area contributed by atoms with Gasteiger partial charge >= 0.3 is 5.97 Å². The largest absolute Gasteiger partial charge is 0.480 e. The third-order valence-corrected chi connectivity index (χ3v) is 4.00.